The van der Waals surface area contributed by atoms with Gasteiger partial charge in [0.25, 0.3) is 0 Å². The summed E-state index contributed by atoms with van der Waals surface area (Å²) in [6.45, 7) is 0.967. The SMILES string of the molecule is O=C(Cn1cccn1)NCC1(c2ccccc2Br)CC1. The number of rotatable bonds is 5. The average molecular weight is 334 g/mol. The van der Waals surface area contributed by atoms with E-state index in [0.29, 0.717) is 6.54 Å². The number of carbonyl (C=O) groups is 1. The van der Waals surface area contributed by atoms with Crippen molar-refractivity contribution in [3.8, 4) is 0 Å². The van der Waals surface area contributed by atoms with Gasteiger partial charge in [-0.25, -0.2) is 0 Å². The van der Waals surface area contributed by atoms with Crippen molar-refractivity contribution in [2.24, 2.45) is 0 Å². The van der Waals surface area contributed by atoms with Crippen LogP contribution in [0.15, 0.2) is 47.2 Å². The van der Waals surface area contributed by atoms with Crippen molar-refractivity contribution in [1.29, 1.82) is 0 Å². The molecule has 0 aliphatic heterocycles. The van der Waals surface area contributed by atoms with Gasteiger partial charge in [0.15, 0.2) is 0 Å². The van der Waals surface area contributed by atoms with Crippen molar-refractivity contribution in [3.63, 3.8) is 0 Å². The number of aromatic nitrogens is 2. The van der Waals surface area contributed by atoms with E-state index in [-0.39, 0.29) is 17.9 Å². The summed E-state index contributed by atoms with van der Waals surface area (Å²) in [4.78, 5) is 11.9. The summed E-state index contributed by atoms with van der Waals surface area (Å²) in [6.07, 6.45) is 5.71. The normalized spacial score (nSPS) is 15.8. The van der Waals surface area contributed by atoms with Crippen LogP contribution < -0.4 is 5.32 Å². The van der Waals surface area contributed by atoms with Gasteiger partial charge in [-0.2, -0.15) is 5.10 Å². The first-order valence-corrected chi connectivity index (χ1v) is 7.48. The number of hydrogen-bond acceptors (Lipinski definition) is 2. The fourth-order valence-corrected chi connectivity index (χ4v) is 3.15. The van der Waals surface area contributed by atoms with E-state index in [1.54, 1.807) is 17.1 Å². The number of halogens is 1. The first-order chi connectivity index (χ1) is 9.70. The second kappa shape index (κ2) is 5.40. The summed E-state index contributed by atoms with van der Waals surface area (Å²) in [6, 6.07) is 10.1. The number of carbonyl (C=O) groups excluding carboxylic acids is 1. The van der Waals surface area contributed by atoms with Crippen molar-refractivity contribution in [3.05, 3.63) is 52.8 Å². The lowest BCUT2D eigenvalue weighted by Gasteiger charge is -2.18. The van der Waals surface area contributed by atoms with Crippen LogP contribution in [0, 0.1) is 0 Å². The minimum atomic E-state index is 0.00651. The van der Waals surface area contributed by atoms with Crippen LogP contribution in [0.25, 0.3) is 0 Å². The Morgan fingerprint density at radius 1 is 1.35 bits per heavy atom. The Morgan fingerprint density at radius 3 is 2.80 bits per heavy atom. The molecule has 2 aromatic rings. The van der Waals surface area contributed by atoms with Gasteiger partial charge >= 0.3 is 0 Å². The van der Waals surface area contributed by atoms with Crippen molar-refractivity contribution in [1.82, 2.24) is 15.1 Å². The van der Waals surface area contributed by atoms with Crippen LogP contribution in [-0.4, -0.2) is 22.2 Å². The highest BCUT2D eigenvalue weighted by Crippen LogP contribution is 2.49. The third kappa shape index (κ3) is 2.77. The second-order valence-corrected chi connectivity index (χ2v) is 6.09. The molecule has 20 heavy (non-hydrogen) atoms. The molecule has 0 atom stereocenters. The Hall–Kier alpha value is -1.62. The van der Waals surface area contributed by atoms with E-state index in [9.17, 15) is 4.79 Å². The Kier molecular flexibility index (Phi) is 3.61. The molecule has 3 rings (SSSR count). The van der Waals surface area contributed by atoms with Gasteiger partial charge in [0, 0.05) is 28.8 Å². The van der Waals surface area contributed by atoms with Crippen LogP contribution in [0.5, 0.6) is 0 Å². The molecular weight excluding hydrogens is 318 g/mol. The van der Waals surface area contributed by atoms with Gasteiger partial charge in [-0.3, -0.25) is 9.48 Å². The van der Waals surface area contributed by atoms with E-state index >= 15 is 0 Å². The minimum absolute atomic E-state index is 0.00651. The molecule has 0 unspecified atom stereocenters. The van der Waals surface area contributed by atoms with E-state index in [4.69, 9.17) is 0 Å². The molecule has 1 heterocycles. The molecule has 1 saturated carbocycles. The molecule has 0 saturated heterocycles. The van der Waals surface area contributed by atoms with Crippen molar-refractivity contribution >= 4 is 21.8 Å². The molecule has 0 radical (unpaired) electrons. The van der Waals surface area contributed by atoms with Gasteiger partial charge in [-0.15, -0.1) is 0 Å². The summed E-state index contributed by atoms with van der Waals surface area (Å²) in [5, 5.41) is 7.07. The number of hydrogen-bond donors (Lipinski definition) is 1. The maximum atomic E-state index is 11.9. The largest absolute Gasteiger partial charge is 0.354 e. The predicted octanol–water partition coefficient (Wildman–Crippen LogP) is 2.49. The van der Waals surface area contributed by atoms with Gasteiger partial charge in [-0.05, 0) is 30.5 Å². The van der Waals surface area contributed by atoms with E-state index in [2.05, 4.69) is 38.5 Å². The molecule has 1 N–H and O–H groups in total. The fourth-order valence-electron chi connectivity index (χ4n) is 2.45. The molecule has 0 bridgehead atoms. The van der Waals surface area contributed by atoms with E-state index < -0.39 is 0 Å². The molecule has 1 aromatic heterocycles. The highest BCUT2D eigenvalue weighted by Gasteiger charge is 2.45. The molecule has 1 fully saturated rings. The van der Waals surface area contributed by atoms with Crippen LogP contribution in [0.2, 0.25) is 0 Å². The lowest BCUT2D eigenvalue weighted by atomic mass is 9.96. The summed E-state index contributed by atoms with van der Waals surface area (Å²) in [5.41, 5.74) is 1.40. The zero-order chi connectivity index (χ0) is 14.0. The summed E-state index contributed by atoms with van der Waals surface area (Å²) in [7, 11) is 0. The van der Waals surface area contributed by atoms with Crippen molar-refractivity contribution < 1.29 is 4.79 Å². The lowest BCUT2D eigenvalue weighted by molar-refractivity contribution is -0.121. The fraction of sp³-hybridized carbons (Fsp3) is 0.333. The Labute approximate surface area is 126 Å². The third-order valence-corrected chi connectivity index (χ3v) is 4.48. The zero-order valence-electron chi connectivity index (χ0n) is 11.1. The average Bonchev–Trinajstić information content (AvgIpc) is 3.06. The van der Waals surface area contributed by atoms with Crippen LogP contribution in [0.4, 0.5) is 0 Å². The standard InChI is InChI=1S/C15H16BrN3O/c16-13-5-2-1-4-12(13)15(6-7-15)11-17-14(20)10-19-9-3-8-18-19/h1-5,8-9H,6-7,10-11H2,(H,17,20). The Bertz CT molecular complexity index is 605. The van der Waals surface area contributed by atoms with E-state index in [1.807, 2.05) is 18.2 Å². The first-order valence-electron chi connectivity index (χ1n) is 6.69. The highest BCUT2D eigenvalue weighted by molar-refractivity contribution is 9.10. The summed E-state index contributed by atoms with van der Waals surface area (Å²) >= 11 is 3.60. The smallest absolute Gasteiger partial charge is 0.241 e. The molecular formula is C15H16BrN3O. The number of nitrogens with one attached hydrogen (secondary N) is 1. The summed E-state index contributed by atoms with van der Waals surface area (Å²) in [5.74, 6) is 0.00651. The molecule has 1 aromatic carbocycles. The summed E-state index contributed by atoms with van der Waals surface area (Å²) < 4.78 is 2.76. The van der Waals surface area contributed by atoms with Gasteiger partial charge in [0.05, 0.1) is 0 Å². The van der Waals surface area contributed by atoms with Gasteiger partial charge in [0.2, 0.25) is 5.91 Å². The van der Waals surface area contributed by atoms with Gasteiger partial charge < -0.3 is 5.32 Å². The predicted molar refractivity (Wildman–Crippen MR) is 80.3 cm³/mol. The van der Waals surface area contributed by atoms with Gasteiger partial charge in [-0.1, -0.05) is 34.1 Å². The lowest BCUT2D eigenvalue weighted by Crippen LogP contribution is -2.34. The van der Waals surface area contributed by atoms with E-state index in [0.717, 1.165) is 17.3 Å². The number of amides is 1. The number of nitrogens with zero attached hydrogens (tertiary/aromatic N) is 2. The number of benzene rings is 1. The van der Waals surface area contributed by atoms with Crippen molar-refractivity contribution in [2.45, 2.75) is 24.8 Å². The molecule has 1 amide bonds. The van der Waals surface area contributed by atoms with E-state index in [1.165, 1.54) is 5.56 Å². The molecule has 4 nitrogen and oxygen atoms in total. The maximum absolute atomic E-state index is 11.9. The maximum Gasteiger partial charge on any atom is 0.241 e. The molecule has 0 spiro atoms. The second-order valence-electron chi connectivity index (χ2n) is 5.24. The van der Waals surface area contributed by atoms with Crippen molar-refractivity contribution in [2.75, 3.05) is 6.54 Å². The zero-order valence-corrected chi connectivity index (χ0v) is 12.6. The third-order valence-electron chi connectivity index (χ3n) is 3.79. The minimum Gasteiger partial charge on any atom is -0.354 e. The molecule has 1 aliphatic carbocycles. The van der Waals surface area contributed by atoms with Crippen LogP contribution in [-0.2, 0) is 16.8 Å². The first kappa shape index (κ1) is 13.4. The molecule has 104 valence electrons. The van der Waals surface area contributed by atoms with Crippen LogP contribution >= 0.6 is 15.9 Å². The highest BCUT2D eigenvalue weighted by atomic mass is 79.9. The van der Waals surface area contributed by atoms with Gasteiger partial charge in [0.1, 0.15) is 6.54 Å². The Balaban J connectivity index is 1.61. The van der Waals surface area contributed by atoms with Crippen LogP contribution in [0.1, 0.15) is 18.4 Å². The quantitative estimate of drug-likeness (QED) is 0.913. The monoisotopic (exact) mass is 333 g/mol. The topological polar surface area (TPSA) is 46.9 Å². The molecule has 5 heteroatoms. The Morgan fingerprint density at radius 2 is 2.15 bits per heavy atom. The van der Waals surface area contributed by atoms with Crippen LogP contribution in [0.3, 0.4) is 0 Å². The molecule has 1 aliphatic rings.